The van der Waals surface area contributed by atoms with Crippen LogP contribution in [0.15, 0.2) is 18.3 Å². The van der Waals surface area contributed by atoms with E-state index in [1.54, 1.807) is 0 Å². The van der Waals surface area contributed by atoms with Crippen molar-refractivity contribution in [3.8, 4) is 0 Å². The smallest absolute Gasteiger partial charge is 0.0515 e. The van der Waals surface area contributed by atoms with Crippen molar-refractivity contribution in [2.75, 3.05) is 0 Å². The first kappa shape index (κ1) is 9.33. The Balaban J connectivity index is 2.50. The quantitative estimate of drug-likeness (QED) is 0.727. The van der Waals surface area contributed by atoms with Crippen molar-refractivity contribution in [2.24, 2.45) is 0 Å². The highest BCUT2D eigenvalue weighted by molar-refractivity contribution is 5.07. The Kier molecular flexibility index (Phi) is 3.35. The van der Waals surface area contributed by atoms with Crippen LogP contribution in [0.5, 0.6) is 0 Å². The maximum Gasteiger partial charge on any atom is 0.0515 e. The molecule has 1 N–H and O–H groups in total. The predicted octanol–water partition coefficient (Wildman–Crippen LogP) is 1.82. The number of rotatable bonds is 4. The van der Waals surface area contributed by atoms with Crippen LogP contribution in [0, 0.1) is 0 Å². The third kappa shape index (κ3) is 2.38. The summed E-state index contributed by atoms with van der Waals surface area (Å²) in [6, 6.07) is 4.17. The first-order valence-corrected chi connectivity index (χ1v) is 4.56. The summed E-state index contributed by atoms with van der Waals surface area (Å²) >= 11 is 0. The third-order valence-corrected chi connectivity index (χ3v) is 2.08. The number of hydrogen-bond acceptors (Lipinski definition) is 1. The van der Waals surface area contributed by atoms with Crippen molar-refractivity contribution >= 4 is 0 Å². The number of aryl methyl sites for hydroxylation is 2. The normalized spacial score (nSPS) is 13.2. The number of aromatic nitrogens is 1. The van der Waals surface area contributed by atoms with Gasteiger partial charge < -0.3 is 9.67 Å². The van der Waals surface area contributed by atoms with E-state index < -0.39 is 0 Å². The molecule has 2 nitrogen and oxygen atoms in total. The minimum Gasteiger partial charge on any atom is -0.393 e. The predicted molar refractivity (Wildman–Crippen MR) is 50.1 cm³/mol. The van der Waals surface area contributed by atoms with Crippen LogP contribution in [0.3, 0.4) is 0 Å². The minimum absolute atomic E-state index is 0.190. The molecule has 1 heterocycles. The molecule has 0 aliphatic heterocycles. The molecule has 0 spiro atoms. The van der Waals surface area contributed by atoms with Crippen molar-refractivity contribution < 1.29 is 5.11 Å². The lowest BCUT2D eigenvalue weighted by molar-refractivity contribution is 0.184. The van der Waals surface area contributed by atoms with Crippen LogP contribution >= 0.6 is 0 Å². The standard InChI is InChI=1S/C10H17NO/c1-3-11-8-4-5-10(11)7-6-9(2)12/h4-5,8-9,12H,3,6-7H2,1-2H3. The summed E-state index contributed by atoms with van der Waals surface area (Å²) in [5.41, 5.74) is 1.32. The summed E-state index contributed by atoms with van der Waals surface area (Å²) < 4.78 is 2.21. The monoisotopic (exact) mass is 167 g/mol. The van der Waals surface area contributed by atoms with E-state index in [4.69, 9.17) is 5.11 Å². The second kappa shape index (κ2) is 4.31. The molecule has 0 aliphatic rings. The van der Waals surface area contributed by atoms with Crippen LogP contribution in [-0.4, -0.2) is 15.8 Å². The Bertz CT molecular complexity index is 227. The molecule has 1 unspecified atom stereocenters. The largest absolute Gasteiger partial charge is 0.393 e. The second-order valence-electron chi connectivity index (χ2n) is 3.17. The average Bonchev–Trinajstić information content (AvgIpc) is 2.47. The van der Waals surface area contributed by atoms with Gasteiger partial charge in [0.15, 0.2) is 0 Å². The van der Waals surface area contributed by atoms with Gasteiger partial charge in [0.05, 0.1) is 6.10 Å². The molecule has 2 heteroatoms. The number of aliphatic hydroxyl groups excluding tert-OH is 1. The molecule has 1 aromatic heterocycles. The number of aliphatic hydroxyl groups is 1. The molecular weight excluding hydrogens is 150 g/mol. The molecule has 0 radical (unpaired) electrons. The van der Waals surface area contributed by atoms with Crippen molar-refractivity contribution in [2.45, 2.75) is 39.3 Å². The van der Waals surface area contributed by atoms with Gasteiger partial charge in [0.1, 0.15) is 0 Å². The van der Waals surface area contributed by atoms with Crippen LogP contribution < -0.4 is 0 Å². The van der Waals surface area contributed by atoms with Gasteiger partial charge in [-0.15, -0.1) is 0 Å². The first-order valence-electron chi connectivity index (χ1n) is 4.56. The molecule has 12 heavy (non-hydrogen) atoms. The zero-order chi connectivity index (χ0) is 8.97. The van der Waals surface area contributed by atoms with Crippen LogP contribution in [-0.2, 0) is 13.0 Å². The van der Waals surface area contributed by atoms with Gasteiger partial charge >= 0.3 is 0 Å². The summed E-state index contributed by atoms with van der Waals surface area (Å²) in [6.07, 6.45) is 3.71. The molecule has 68 valence electrons. The highest BCUT2D eigenvalue weighted by Crippen LogP contribution is 2.06. The molecule has 1 aromatic rings. The van der Waals surface area contributed by atoms with E-state index >= 15 is 0 Å². The summed E-state index contributed by atoms with van der Waals surface area (Å²) in [4.78, 5) is 0. The van der Waals surface area contributed by atoms with E-state index in [0.29, 0.717) is 0 Å². The van der Waals surface area contributed by atoms with Gasteiger partial charge in [0.2, 0.25) is 0 Å². The number of hydrogen-bond donors (Lipinski definition) is 1. The fourth-order valence-corrected chi connectivity index (χ4v) is 1.34. The van der Waals surface area contributed by atoms with E-state index in [-0.39, 0.29) is 6.10 Å². The van der Waals surface area contributed by atoms with Gasteiger partial charge in [-0.1, -0.05) is 0 Å². The van der Waals surface area contributed by atoms with Crippen molar-refractivity contribution in [3.05, 3.63) is 24.0 Å². The van der Waals surface area contributed by atoms with Crippen molar-refractivity contribution in [1.82, 2.24) is 4.57 Å². The van der Waals surface area contributed by atoms with Crippen molar-refractivity contribution in [3.63, 3.8) is 0 Å². The summed E-state index contributed by atoms with van der Waals surface area (Å²) in [5.74, 6) is 0. The van der Waals surface area contributed by atoms with Crippen LogP contribution in [0.4, 0.5) is 0 Å². The lowest BCUT2D eigenvalue weighted by atomic mass is 10.2. The lowest BCUT2D eigenvalue weighted by Gasteiger charge is -2.07. The lowest BCUT2D eigenvalue weighted by Crippen LogP contribution is -2.05. The zero-order valence-electron chi connectivity index (χ0n) is 7.83. The van der Waals surface area contributed by atoms with Crippen LogP contribution in [0.25, 0.3) is 0 Å². The third-order valence-electron chi connectivity index (χ3n) is 2.08. The van der Waals surface area contributed by atoms with E-state index in [9.17, 15) is 0 Å². The van der Waals surface area contributed by atoms with Gasteiger partial charge in [0, 0.05) is 18.4 Å². The van der Waals surface area contributed by atoms with E-state index in [1.165, 1.54) is 5.69 Å². The fourth-order valence-electron chi connectivity index (χ4n) is 1.34. The molecule has 0 saturated heterocycles. The second-order valence-corrected chi connectivity index (χ2v) is 3.17. The molecule has 0 aromatic carbocycles. The van der Waals surface area contributed by atoms with Gasteiger partial charge in [-0.25, -0.2) is 0 Å². The van der Waals surface area contributed by atoms with Gasteiger partial charge in [-0.2, -0.15) is 0 Å². The van der Waals surface area contributed by atoms with E-state index in [2.05, 4.69) is 29.8 Å². The van der Waals surface area contributed by atoms with E-state index in [0.717, 1.165) is 19.4 Å². The van der Waals surface area contributed by atoms with Gasteiger partial charge in [-0.05, 0) is 38.8 Å². The fraction of sp³-hybridized carbons (Fsp3) is 0.600. The SMILES string of the molecule is CCn1cccc1CCC(C)O. The first-order chi connectivity index (χ1) is 5.74. The average molecular weight is 167 g/mol. The van der Waals surface area contributed by atoms with Crippen LogP contribution in [0.2, 0.25) is 0 Å². The molecule has 0 bridgehead atoms. The number of nitrogens with zero attached hydrogens (tertiary/aromatic N) is 1. The van der Waals surface area contributed by atoms with E-state index in [1.807, 2.05) is 6.92 Å². The van der Waals surface area contributed by atoms with Gasteiger partial charge in [0.25, 0.3) is 0 Å². The molecule has 0 amide bonds. The summed E-state index contributed by atoms with van der Waals surface area (Å²) in [6.45, 7) is 4.98. The Morgan fingerprint density at radius 3 is 2.92 bits per heavy atom. The molecular formula is C10H17NO. The topological polar surface area (TPSA) is 25.2 Å². The molecule has 0 aliphatic carbocycles. The zero-order valence-corrected chi connectivity index (χ0v) is 7.83. The Labute approximate surface area is 73.8 Å². The van der Waals surface area contributed by atoms with Crippen LogP contribution in [0.1, 0.15) is 26.0 Å². The Hall–Kier alpha value is -0.760. The Morgan fingerprint density at radius 1 is 1.58 bits per heavy atom. The van der Waals surface area contributed by atoms with Crippen molar-refractivity contribution in [1.29, 1.82) is 0 Å². The maximum atomic E-state index is 9.11. The maximum absolute atomic E-state index is 9.11. The highest BCUT2D eigenvalue weighted by Gasteiger charge is 2.01. The molecule has 1 rings (SSSR count). The summed E-state index contributed by atoms with van der Waals surface area (Å²) in [5, 5.41) is 9.11. The minimum atomic E-state index is -0.190. The Morgan fingerprint density at radius 2 is 2.33 bits per heavy atom. The molecule has 1 atom stereocenters. The highest BCUT2D eigenvalue weighted by atomic mass is 16.3. The van der Waals surface area contributed by atoms with Gasteiger partial charge in [-0.3, -0.25) is 0 Å². The molecule has 0 fully saturated rings. The summed E-state index contributed by atoms with van der Waals surface area (Å²) in [7, 11) is 0. The molecule has 0 saturated carbocycles.